The molecule has 3 aromatic rings. The Kier molecular flexibility index (Phi) is 5.28. The van der Waals surface area contributed by atoms with E-state index in [1.54, 1.807) is 25.5 Å². The van der Waals surface area contributed by atoms with Crippen LogP contribution in [-0.2, 0) is 4.79 Å². The Labute approximate surface area is 153 Å². The minimum absolute atomic E-state index is 0.0139. The molecule has 1 aromatic heterocycles. The van der Waals surface area contributed by atoms with Crippen molar-refractivity contribution in [2.24, 2.45) is 0 Å². The summed E-state index contributed by atoms with van der Waals surface area (Å²) < 4.78 is 1.81. The summed E-state index contributed by atoms with van der Waals surface area (Å²) >= 11 is 1.28. The van der Waals surface area contributed by atoms with Gasteiger partial charge in [0.1, 0.15) is 6.33 Å². The van der Waals surface area contributed by atoms with Gasteiger partial charge in [-0.2, -0.15) is 0 Å². The molecular formula is C17H15N5O3S. The highest BCUT2D eigenvalue weighted by Gasteiger charge is 2.15. The van der Waals surface area contributed by atoms with E-state index in [0.29, 0.717) is 10.8 Å². The number of aromatic nitrogens is 3. The molecule has 1 amide bonds. The zero-order chi connectivity index (χ0) is 18.5. The molecule has 0 bridgehead atoms. The highest BCUT2D eigenvalue weighted by molar-refractivity contribution is 7.99. The van der Waals surface area contributed by atoms with Crippen molar-refractivity contribution in [3.8, 4) is 5.69 Å². The van der Waals surface area contributed by atoms with Crippen LogP contribution in [0.15, 0.2) is 66.1 Å². The summed E-state index contributed by atoms with van der Waals surface area (Å²) in [6, 6.07) is 15.4. The van der Waals surface area contributed by atoms with E-state index in [-0.39, 0.29) is 17.3 Å². The van der Waals surface area contributed by atoms with Crippen molar-refractivity contribution < 1.29 is 9.72 Å². The molecule has 26 heavy (non-hydrogen) atoms. The van der Waals surface area contributed by atoms with Gasteiger partial charge in [-0.25, -0.2) is 0 Å². The second-order valence-electron chi connectivity index (χ2n) is 5.33. The first-order valence-electron chi connectivity index (χ1n) is 7.65. The van der Waals surface area contributed by atoms with Crippen LogP contribution in [0.25, 0.3) is 5.69 Å². The number of carbonyl (C=O) groups is 1. The molecule has 2 aromatic carbocycles. The monoisotopic (exact) mass is 369 g/mol. The van der Waals surface area contributed by atoms with Crippen molar-refractivity contribution in [1.82, 2.24) is 14.8 Å². The minimum Gasteiger partial charge on any atom is -0.315 e. The predicted molar refractivity (Wildman–Crippen MR) is 98.6 cm³/mol. The number of nitro groups is 1. The van der Waals surface area contributed by atoms with Crippen LogP contribution in [0.1, 0.15) is 0 Å². The number of anilines is 1. The number of thioether (sulfide) groups is 1. The second-order valence-corrected chi connectivity index (χ2v) is 6.28. The van der Waals surface area contributed by atoms with Crippen LogP contribution >= 0.6 is 11.8 Å². The first kappa shape index (κ1) is 17.6. The average molecular weight is 369 g/mol. The van der Waals surface area contributed by atoms with Crippen molar-refractivity contribution in [3.05, 3.63) is 71.0 Å². The summed E-state index contributed by atoms with van der Waals surface area (Å²) in [5.74, 6) is 0.0189. The Balaban J connectivity index is 1.66. The van der Waals surface area contributed by atoms with E-state index in [0.717, 1.165) is 5.69 Å². The van der Waals surface area contributed by atoms with Gasteiger partial charge in [-0.05, 0) is 24.3 Å². The number of nitrogens with zero attached hydrogens (tertiary/aromatic N) is 5. The van der Waals surface area contributed by atoms with Crippen LogP contribution in [0.4, 0.5) is 11.4 Å². The minimum atomic E-state index is -0.474. The smallest absolute Gasteiger partial charge is 0.269 e. The summed E-state index contributed by atoms with van der Waals surface area (Å²) in [5.41, 5.74) is 1.49. The molecule has 0 radical (unpaired) electrons. The van der Waals surface area contributed by atoms with Gasteiger partial charge in [-0.1, -0.05) is 30.0 Å². The standard InChI is InChI=1S/C17H15N5O3S/c1-20(13-7-9-15(10-8-13)22(24)25)16(23)11-26-17-19-18-12-21(17)14-5-3-2-4-6-14/h2-10,12H,11H2,1H3. The molecule has 9 heteroatoms. The molecule has 0 N–H and O–H groups in total. The number of hydrogen-bond acceptors (Lipinski definition) is 6. The molecule has 0 fully saturated rings. The lowest BCUT2D eigenvalue weighted by molar-refractivity contribution is -0.384. The van der Waals surface area contributed by atoms with Gasteiger partial charge in [0.25, 0.3) is 5.69 Å². The van der Waals surface area contributed by atoms with E-state index in [4.69, 9.17) is 0 Å². The molecule has 3 rings (SSSR count). The molecule has 0 unspecified atom stereocenters. The SMILES string of the molecule is CN(C(=O)CSc1nncn1-c1ccccc1)c1ccc([N+](=O)[O-])cc1. The first-order valence-corrected chi connectivity index (χ1v) is 8.64. The third kappa shape index (κ3) is 3.89. The molecule has 0 aliphatic carbocycles. The van der Waals surface area contributed by atoms with E-state index in [1.807, 2.05) is 34.9 Å². The van der Waals surface area contributed by atoms with Gasteiger partial charge < -0.3 is 4.90 Å². The van der Waals surface area contributed by atoms with Crippen molar-refractivity contribution in [1.29, 1.82) is 0 Å². The summed E-state index contributed by atoms with van der Waals surface area (Å²) in [5, 5.41) is 19.3. The number of para-hydroxylation sites is 1. The maximum Gasteiger partial charge on any atom is 0.269 e. The molecule has 0 atom stereocenters. The van der Waals surface area contributed by atoms with Crippen molar-refractivity contribution in [2.45, 2.75) is 5.16 Å². The van der Waals surface area contributed by atoms with Crippen LogP contribution in [0.2, 0.25) is 0 Å². The van der Waals surface area contributed by atoms with Crippen LogP contribution in [0.5, 0.6) is 0 Å². The van der Waals surface area contributed by atoms with Crippen LogP contribution < -0.4 is 4.90 Å². The number of rotatable bonds is 6. The third-order valence-electron chi connectivity index (χ3n) is 3.70. The molecule has 132 valence electrons. The maximum atomic E-state index is 12.4. The van der Waals surface area contributed by atoms with E-state index in [9.17, 15) is 14.9 Å². The Morgan fingerprint density at radius 3 is 2.54 bits per heavy atom. The van der Waals surface area contributed by atoms with Gasteiger partial charge in [0.2, 0.25) is 5.91 Å². The quantitative estimate of drug-likeness (QED) is 0.377. The van der Waals surface area contributed by atoms with Gasteiger partial charge in [-0.3, -0.25) is 19.5 Å². The van der Waals surface area contributed by atoms with Gasteiger partial charge in [0.15, 0.2) is 5.16 Å². The lowest BCUT2D eigenvalue weighted by atomic mass is 10.2. The molecular weight excluding hydrogens is 354 g/mol. The van der Waals surface area contributed by atoms with Crippen molar-refractivity contribution in [3.63, 3.8) is 0 Å². The summed E-state index contributed by atoms with van der Waals surface area (Å²) in [6.07, 6.45) is 1.60. The molecule has 0 aliphatic heterocycles. The Morgan fingerprint density at radius 1 is 1.19 bits per heavy atom. The topological polar surface area (TPSA) is 94.2 Å². The molecule has 1 heterocycles. The van der Waals surface area contributed by atoms with E-state index < -0.39 is 4.92 Å². The van der Waals surface area contributed by atoms with Crippen LogP contribution in [0.3, 0.4) is 0 Å². The predicted octanol–water partition coefficient (Wildman–Crippen LogP) is 2.93. The van der Waals surface area contributed by atoms with Crippen LogP contribution in [0, 0.1) is 10.1 Å². The van der Waals surface area contributed by atoms with E-state index >= 15 is 0 Å². The fourth-order valence-corrected chi connectivity index (χ4v) is 3.10. The zero-order valence-corrected chi connectivity index (χ0v) is 14.7. The molecule has 0 spiro atoms. The summed E-state index contributed by atoms with van der Waals surface area (Å²) in [7, 11) is 1.63. The summed E-state index contributed by atoms with van der Waals surface area (Å²) in [4.78, 5) is 24.1. The van der Waals surface area contributed by atoms with Gasteiger partial charge in [0.05, 0.1) is 10.7 Å². The van der Waals surface area contributed by atoms with Gasteiger partial charge >= 0.3 is 0 Å². The van der Waals surface area contributed by atoms with E-state index in [2.05, 4.69) is 10.2 Å². The first-order chi connectivity index (χ1) is 12.6. The fourth-order valence-electron chi connectivity index (χ4n) is 2.25. The number of carbonyl (C=O) groups excluding carboxylic acids is 1. The Bertz CT molecular complexity index is 912. The highest BCUT2D eigenvalue weighted by atomic mass is 32.2. The van der Waals surface area contributed by atoms with Crippen LogP contribution in [-0.4, -0.2) is 38.4 Å². The summed E-state index contributed by atoms with van der Waals surface area (Å²) in [6.45, 7) is 0. The molecule has 8 nitrogen and oxygen atoms in total. The van der Waals surface area contributed by atoms with Gasteiger partial charge in [-0.15, -0.1) is 10.2 Å². The second kappa shape index (κ2) is 7.79. The molecule has 0 aliphatic rings. The molecule has 0 saturated carbocycles. The number of non-ortho nitro benzene ring substituents is 1. The number of hydrogen-bond donors (Lipinski definition) is 0. The number of benzene rings is 2. The normalized spacial score (nSPS) is 10.5. The van der Waals surface area contributed by atoms with Crippen molar-refractivity contribution >= 4 is 29.0 Å². The lowest BCUT2D eigenvalue weighted by Crippen LogP contribution is -2.28. The maximum absolute atomic E-state index is 12.4. The average Bonchev–Trinajstić information content (AvgIpc) is 3.15. The largest absolute Gasteiger partial charge is 0.315 e. The number of nitro benzene ring substituents is 1. The highest BCUT2D eigenvalue weighted by Crippen LogP contribution is 2.22. The Morgan fingerprint density at radius 2 is 1.88 bits per heavy atom. The lowest BCUT2D eigenvalue weighted by Gasteiger charge is -2.16. The third-order valence-corrected chi connectivity index (χ3v) is 4.63. The Hall–Kier alpha value is -3.20. The van der Waals surface area contributed by atoms with E-state index in [1.165, 1.54) is 28.8 Å². The molecule has 0 saturated heterocycles. The fraction of sp³-hybridized carbons (Fsp3) is 0.118. The van der Waals surface area contributed by atoms with Crippen molar-refractivity contribution in [2.75, 3.05) is 17.7 Å². The van der Waals surface area contributed by atoms with Gasteiger partial charge in [0, 0.05) is 30.6 Å². The zero-order valence-electron chi connectivity index (χ0n) is 13.8. The number of amides is 1.